The molecule has 1 aromatic rings. The molecule has 1 saturated heterocycles. The maximum Gasteiger partial charge on any atom is 0.573 e. The minimum Gasteiger partial charge on any atom is -0.444 e. The Morgan fingerprint density at radius 1 is 1.07 bits per heavy atom. The molecular weight excluding hydrogens is 384 g/mol. The Bertz CT molecular complexity index is 706. The molecule has 1 aliphatic rings. The van der Waals surface area contributed by atoms with Crippen molar-refractivity contribution in [1.29, 1.82) is 0 Å². The van der Waals surface area contributed by atoms with Crippen LogP contribution in [0.3, 0.4) is 0 Å². The number of carbonyl (C=O) groups excluding carboxylic acids is 2. The van der Waals surface area contributed by atoms with Gasteiger partial charge in [0.25, 0.3) is 5.91 Å². The molecule has 0 aliphatic carbocycles. The van der Waals surface area contributed by atoms with E-state index in [1.165, 1.54) is 17.0 Å². The summed E-state index contributed by atoms with van der Waals surface area (Å²) in [7, 11) is 0. The maximum absolute atomic E-state index is 15.0. The lowest BCUT2D eigenvalue weighted by Crippen LogP contribution is -2.51. The van der Waals surface area contributed by atoms with Gasteiger partial charge < -0.3 is 19.7 Å². The quantitative estimate of drug-likeness (QED) is 0.762. The number of likely N-dealkylation sites (tertiary alicyclic amines) is 1. The van der Waals surface area contributed by atoms with Crippen molar-refractivity contribution in [2.24, 2.45) is 0 Å². The summed E-state index contributed by atoms with van der Waals surface area (Å²) in [5.41, 5.74) is -2.74. The van der Waals surface area contributed by atoms with Crippen LogP contribution in [0.1, 0.15) is 33.6 Å². The summed E-state index contributed by atoms with van der Waals surface area (Å²) in [6.07, 6.45) is -5.83. The molecule has 6 nitrogen and oxygen atoms in total. The van der Waals surface area contributed by atoms with Gasteiger partial charge >= 0.3 is 12.5 Å². The lowest BCUT2D eigenvalue weighted by molar-refractivity contribution is -0.274. The van der Waals surface area contributed by atoms with E-state index in [2.05, 4.69) is 10.1 Å². The number of hydrogen-bond donors (Lipinski definition) is 1. The third-order valence-corrected chi connectivity index (χ3v) is 3.96. The van der Waals surface area contributed by atoms with Crippen molar-refractivity contribution in [2.45, 2.75) is 51.2 Å². The lowest BCUT2D eigenvalue weighted by Gasteiger charge is -2.36. The molecule has 1 aliphatic heterocycles. The zero-order valence-electron chi connectivity index (χ0n) is 15.7. The summed E-state index contributed by atoms with van der Waals surface area (Å²) in [4.78, 5) is 25.6. The first kappa shape index (κ1) is 21.8. The van der Waals surface area contributed by atoms with Gasteiger partial charge in [-0.05, 0) is 45.0 Å². The van der Waals surface area contributed by atoms with E-state index in [-0.39, 0.29) is 31.6 Å². The highest BCUT2D eigenvalue weighted by molar-refractivity contribution is 5.97. The van der Waals surface area contributed by atoms with Gasteiger partial charge in [-0.3, -0.25) is 4.79 Å². The SMILES string of the molecule is CC(C)(C)OC(=O)N1CCC(F)(C(=O)Nc2ccc(OC(F)(F)F)cc2)CC1. The van der Waals surface area contributed by atoms with Crippen molar-refractivity contribution in [3.05, 3.63) is 24.3 Å². The number of rotatable bonds is 3. The van der Waals surface area contributed by atoms with Crippen molar-refractivity contribution < 1.29 is 36.6 Å². The zero-order chi connectivity index (χ0) is 21.2. The highest BCUT2D eigenvalue weighted by Gasteiger charge is 2.43. The number of halogens is 4. The molecular formula is C18H22F4N2O4. The molecule has 28 heavy (non-hydrogen) atoms. The van der Waals surface area contributed by atoms with Gasteiger partial charge in [-0.1, -0.05) is 0 Å². The Labute approximate surface area is 159 Å². The highest BCUT2D eigenvalue weighted by atomic mass is 19.4. The van der Waals surface area contributed by atoms with Crippen LogP contribution in [0.4, 0.5) is 28.0 Å². The second kappa shape index (κ2) is 7.84. The van der Waals surface area contributed by atoms with E-state index in [4.69, 9.17) is 4.74 Å². The molecule has 0 bridgehead atoms. The molecule has 0 unspecified atom stereocenters. The number of alkyl halides is 4. The van der Waals surface area contributed by atoms with Gasteiger partial charge in [0, 0.05) is 31.6 Å². The van der Waals surface area contributed by atoms with Gasteiger partial charge in [-0.2, -0.15) is 0 Å². The van der Waals surface area contributed by atoms with Crippen molar-refractivity contribution in [1.82, 2.24) is 4.90 Å². The average Bonchev–Trinajstić information content (AvgIpc) is 2.54. The molecule has 2 amide bonds. The van der Waals surface area contributed by atoms with E-state index < -0.39 is 35.4 Å². The zero-order valence-corrected chi connectivity index (χ0v) is 15.7. The van der Waals surface area contributed by atoms with Gasteiger partial charge in [-0.15, -0.1) is 13.2 Å². The predicted octanol–water partition coefficient (Wildman–Crippen LogP) is 4.26. The molecule has 0 spiro atoms. The first-order chi connectivity index (χ1) is 12.8. The number of anilines is 1. The number of ether oxygens (including phenoxy) is 2. The van der Waals surface area contributed by atoms with Crippen molar-refractivity contribution >= 4 is 17.7 Å². The van der Waals surface area contributed by atoms with Crippen LogP contribution in [-0.4, -0.2) is 47.6 Å². The van der Waals surface area contributed by atoms with Gasteiger partial charge in [0.05, 0.1) is 0 Å². The summed E-state index contributed by atoms with van der Waals surface area (Å²) >= 11 is 0. The minimum absolute atomic E-state index is 0.0111. The average molecular weight is 406 g/mol. The topological polar surface area (TPSA) is 67.9 Å². The van der Waals surface area contributed by atoms with Crippen LogP contribution in [0.25, 0.3) is 0 Å². The van der Waals surface area contributed by atoms with E-state index >= 15 is 0 Å². The van der Waals surface area contributed by atoms with Crippen LogP contribution in [-0.2, 0) is 9.53 Å². The Morgan fingerprint density at radius 3 is 2.07 bits per heavy atom. The molecule has 0 atom stereocenters. The van der Waals surface area contributed by atoms with Crippen LogP contribution >= 0.6 is 0 Å². The lowest BCUT2D eigenvalue weighted by atomic mass is 9.92. The minimum atomic E-state index is -4.82. The summed E-state index contributed by atoms with van der Waals surface area (Å²) in [6.45, 7) is 5.17. The molecule has 1 heterocycles. The van der Waals surface area contributed by atoms with Crippen molar-refractivity contribution in [3.63, 3.8) is 0 Å². The van der Waals surface area contributed by atoms with Gasteiger partial charge in [0.15, 0.2) is 5.67 Å². The van der Waals surface area contributed by atoms with Crippen molar-refractivity contribution in [2.75, 3.05) is 18.4 Å². The fourth-order valence-electron chi connectivity index (χ4n) is 2.58. The molecule has 0 aromatic heterocycles. The van der Waals surface area contributed by atoms with E-state index in [0.717, 1.165) is 12.1 Å². The normalized spacial score (nSPS) is 17.0. The number of nitrogens with one attached hydrogen (secondary N) is 1. The Balaban J connectivity index is 1.91. The van der Waals surface area contributed by atoms with Crippen molar-refractivity contribution in [3.8, 4) is 5.75 Å². The molecule has 1 aromatic carbocycles. The number of carbonyl (C=O) groups is 2. The van der Waals surface area contributed by atoms with Gasteiger partial charge in [0.2, 0.25) is 0 Å². The second-order valence-corrected chi connectivity index (χ2v) is 7.46. The van der Waals surface area contributed by atoms with Gasteiger partial charge in [-0.25, -0.2) is 9.18 Å². The molecule has 10 heteroatoms. The summed E-state index contributed by atoms with van der Waals surface area (Å²) in [5.74, 6) is -1.37. The molecule has 156 valence electrons. The number of hydrogen-bond acceptors (Lipinski definition) is 4. The van der Waals surface area contributed by atoms with Gasteiger partial charge in [0.1, 0.15) is 11.4 Å². The number of nitrogens with zero attached hydrogens (tertiary/aromatic N) is 1. The summed E-state index contributed by atoms with van der Waals surface area (Å²) < 4.78 is 60.4. The predicted molar refractivity (Wildman–Crippen MR) is 92.6 cm³/mol. The highest BCUT2D eigenvalue weighted by Crippen LogP contribution is 2.30. The number of piperidine rings is 1. The largest absolute Gasteiger partial charge is 0.573 e. The smallest absolute Gasteiger partial charge is 0.444 e. The summed E-state index contributed by atoms with van der Waals surface area (Å²) in [6, 6.07) is 4.38. The van der Waals surface area contributed by atoms with E-state index in [0.29, 0.717) is 0 Å². The number of benzene rings is 1. The first-order valence-corrected chi connectivity index (χ1v) is 8.62. The standard InChI is InChI=1S/C18H22F4N2O4/c1-16(2,3)28-15(26)24-10-8-17(19,9-11-24)14(25)23-12-4-6-13(7-5-12)27-18(20,21)22/h4-7H,8-11H2,1-3H3,(H,23,25). The fraction of sp³-hybridized carbons (Fsp3) is 0.556. The molecule has 2 rings (SSSR count). The van der Waals surface area contributed by atoms with Crippen LogP contribution in [0.15, 0.2) is 24.3 Å². The Hall–Kier alpha value is -2.52. The van der Waals surface area contributed by atoms with Crippen LogP contribution < -0.4 is 10.1 Å². The second-order valence-electron chi connectivity index (χ2n) is 7.46. The van der Waals surface area contributed by atoms with Crippen LogP contribution in [0, 0.1) is 0 Å². The molecule has 1 N–H and O–H groups in total. The maximum atomic E-state index is 15.0. The third kappa shape index (κ3) is 6.28. The molecule has 0 saturated carbocycles. The fourth-order valence-corrected chi connectivity index (χ4v) is 2.58. The van der Waals surface area contributed by atoms with E-state index in [9.17, 15) is 27.2 Å². The molecule has 1 fully saturated rings. The van der Waals surface area contributed by atoms with E-state index in [1.54, 1.807) is 20.8 Å². The van der Waals surface area contributed by atoms with Crippen LogP contribution in [0.2, 0.25) is 0 Å². The Morgan fingerprint density at radius 2 is 1.61 bits per heavy atom. The summed E-state index contributed by atoms with van der Waals surface area (Å²) in [5, 5.41) is 2.34. The number of amides is 2. The first-order valence-electron chi connectivity index (χ1n) is 8.62. The third-order valence-electron chi connectivity index (χ3n) is 3.96. The van der Waals surface area contributed by atoms with E-state index in [1.807, 2.05) is 0 Å². The van der Waals surface area contributed by atoms with Crippen LogP contribution in [0.5, 0.6) is 5.75 Å². The monoisotopic (exact) mass is 406 g/mol. The Kier molecular flexibility index (Phi) is 6.10. The molecule has 0 radical (unpaired) electrons.